The molecule has 0 fully saturated rings. The summed E-state index contributed by atoms with van der Waals surface area (Å²) in [4.78, 5) is 6.34. The monoisotopic (exact) mass is 352 g/mol. The average molecular weight is 352 g/mol. The Hall–Kier alpha value is -3.60. The summed E-state index contributed by atoms with van der Waals surface area (Å²) in [6.07, 6.45) is 0. The summed E-state index contributed by atoms with van der Waals surface area (Å²) in [6, 6.07) is 11.2. The number of nitrogens with zero attached hydrogens (tertiary/aromatic N) is 5. The number of aromatic nitrogens is 2. The molecular formula is C15H8N6O3S. The van der Waals surface area contributed by atoms with Gasteiger partial charge in [0.1, 0.15) is 17.8 Å². The lowest BCUT2D eigenvalue weighted by molar-refractivity contribution is 0.482. The number of hydrogen-bond donors (Lipinski definition) is 3. The minimum Gasteiger partial charge on any atom is -0.505 e. The van der Waals surface area contributed by atoms with Crippen LogP contribution in [0.15, 0.2) is 45.5 Å². The van der Waals surface area contributed by atoms with Crippen molar-refractivity contribution >= 4 is 33.5 Å². The second-order valence-electron chi connectivity index (χ2n) is 4.74. The summed E-state index contributed by atoms with van der Waals surface area (Å²) in [6.45, 7) is 0. The fraction of sp³-hybridized carbons (Fsp3) is 0. The predicted molar refractivity (Wildman–Crippen MR) is 86.8 cm³/mol. The van der Waals surface area contributed by atoms with Crippen molar-refractivity contribution in [1.29, 1.82) is 10.5 Å². The van der Waals surface area contributed by atoms with Crippen LogP contribution in [0.5, 0.6) is 5.75 Å². The maximum atomic E-state index is 11.5. The summed E-state index contributed by atoms with van der Waals surface area (Å²) in [5.74, 6) is -0.326. The van der Waals surface area contributed by atoms with Gasteiger partial charge >= 0.3 is 0 Å². The molecule has 1 unspecified atom stereocenters. The first-order valence-corrected chi connectivity index (χ1v) is 7.83. The normalized spacial score (nSPS) is 12.1. The number of nitriles is 2. The second kappa shape index (κ2) is 6.49. The summed E-state index contributed by atoms with van der Waals surface area (Å²) < 4.78 is 21.0. The number of fused-ring (bicyclic) bond motifs is 1. The van der Waals surface area contributed by atoms with Crippen LogP contribution >= 0.6 is 0 Å². The van der Waals surface area contributed by atoms with Crippen LogP contribution in [0.2, 0.25) is 0 Å². The fourth-order valence-corrected chi connectivity index (χ4v) is 2.78. The summed E-state index contributed by atoms with van der Waals surface area (Å²) in [5, 5.41) is 36.3. The van der Waals surface area contributed by atoms with Gasteiger partial charge in [0.15, 0.2) is 28.2 Å². The molecule has 1 aromatic heterocycles. The minimum atomic E-state index is -2.29. The van der Waals surface area contributed by atoms with E-state index in [0.717, 1.165) is 0 Å². The molecule has 3 N–H and O–H groups in total. The van der Waals surface area contributed by atoms with Gasteiger partial charge in [-0.3, -0.25) is 0 Å². The Labute approximate surface area is 143 Å². The van der Waals surface area contributed by atoms with Crippen molar-refractivity contribution in [3.8, 4) is 17.9 Å². The molecule has 0 spiro atoms. The smallest absolute Gasteiger partial charge is 0.249 e. The highest BCUT2D eigenvalue weighted by atomic mass is 32.2. The number of imidazole rings is 1. The third-order valence-electron chi connectivity index (χ3n) is 3.31. The van der Waals surface area contributed by atoms with Crippen LogP contribution in [0.4, 0.5) is 11.6 Å². The van der Waals surface area contributed by atoms with Crippen molar-refractivity contribution in [3.63, 3.8) is 0 Å². The quantitative estimate of drug-likeness (QED) is 0.485. The molecule has 25 heavy (non-hydrogen) atoms. The van der Waals surface area contributed by atoms with E-state index in [1.54, 1.807) is 36.4 Å². The number of azo groups is 1. The zero-order valence-corrected chi connectivity index (χ0v) is 13.2. The Kier molecular flexibility index (Phi) is 4.22. The summed E-state index contributed by atoms with van der Waals surface area (Å²) in [5.41, 5.74) is -0.239. The van der Waals surface area contributed by atoms with Gasteiger partial charge in [-0.2, -0.15) is 15.5 Å². The number of benzene rings is 2. The standard InChI is InChI=1S/C15H8N6O3S/c16-6-11-12(7-17)19-15(18-11)21-20-10-5-13(25(23)24)8-3-1-2-4-9(8)14(10)22/h1-5,22H,(H,18,19)(H,23,24)/b21-20+. The number of hydrogen-bond acceptors (Lipinski definition) is 7. The highest BCUT2D eigenvalue weighted by molar-refractivity contribution is 7.79. The molecule has 2 aromatic carbocycles. The van der Waals surface area contributed by atoms with E-state index >= 15 is 0 Å². The minimum absolute atomic E-state index is 0.0514. The van der Waals surface area contributed by atoms with Gasteiger partial charge < -0.3 is 14.6 Å². The second-order valence-corrected chi connectivity index (χ2v) is 5.68. The number of nitrogens with one attached hydrogen (secondary N) is 1. The van der Waals surface area contributed by atoms with Crippen LogP contribution in [-0.2, 0) is 11.1 Å². The molecule has 0 saturated heterocycles. The van der Waals surface area contributed by atoms with Crippen molar-refractivity contribution in [1.82, 2.24) is 9.97 Å². The van der Waals surface area contributed by atoms with Crippen molar-refractivity contribution in [2.75, 3.05) is 0 Å². The van der Waals surface area contributed by atoms with Crippen LogP contribution in [0.25, 0.3) is 10.8 Å². The molecule has 0 bridgehead atoms. The highest BCUT2D eigenvalue weighted by Gasteiger charge is 2.15. The number of phenols is 1. The molecule has 1 heterocycles. The van der Waals surface area contributed by atoms with Crippen molar-refractivity contribution in [2.24, 2.45) is 10.2 Å². The molecular weight excluding hydrogens is 344 g/mol. The van der Waals surface area contributed by atoms with Crippen LogP contribution < -0.4 is 0 Å². The lowest BCUT2D eigenvalue weighted by atomic mass is 10.1. The van der Waals surface area contributed by atoms with E-state index in [0.29, 0.717) is 10.8 Å². The summed E-state index contributed by atoms with van der Waals surface area (Å²) in [7, 11) is 0. The molecule has 0 radical (unpaired) electrons. The third-order valence-corrected chi connectivity index (χ3v) is 4.02. The van der Waals surface area contributed by atoms with Crippen LogP contribution in [0.3, 0.4) is 0 Å². The number of phenolic OH excluding ortho intramolecular Hbond substituents is 1. The van der Waals surface area contributed by atoms with Gasteiger partial charge in [0, 0.05) is 10.8 Å². The Morgan fingerprint density at radius 1 is 1.16 bits per heavy atom. The van der Waals surface area contributed by atoms with Crippen molar-refractivity contribution in [3.05, 3.63) is 41.7 Å². The zero-order chi connectivity index (χ0) is 18.0. The lowest BCUT2D eigenvalue weighted by Gasteiger charge is -2.07. The van der Waals surface area contributed by atoms with Gasteiger partial charge in [-0.1, -0.05) is 24.3 Å². The molecule has 0 amide bonds. The van der Waals surface area contributed by atoms with Gasteiger partial charge in [-0.25, -0.2) is 4.21 Å². The molecule has 122 valence electrons. The first-order valence-electron chi connectivity index (χ1n) is 6.72. The molecule has 1 atom stereocenters. The number of aromatic amines is 1. The molecule has 0 aliphatic rings. The molecule has 10 heteroatoms. The van der Waals surface area contributed by atoms with E-state index in [1.165, 1.54) is 6.07 Å². The molecule has 0 aliphatic carbocycles. The topological polar surface area (TPSA) is 159 Å². The first kappa shape index (κ1) is 16.3. The van der Waals surface area contributed by atoms with Crippen molar-refractivity contribution < 1.29 is 13.9 Å². The van der Waals surface area contributed by atoms with Gasteiger partial charge in [0.05, 0.1) is 4.90 Å². The number of H-pyrrole nitrogens is 1. The molecule has 9 nitrogen and oxygen atoms in total. The molecule has 3 aromatic rings. The Balaban J connectivity index is 2.12. The maximum absolute atomic E-state index is 11.5. The van der Waals surface area contributed by atoms with E-state index in [-0.39, 0.29) is 33.7 Å². The van der Waals surface area contributed by atoms with E-state index in [2.05, 4.69) is 20.2 Å². The third kappa shape index (κ3) is 2.95. The Morgan fingerprint density at radius 2 is 1.88 bits per heavy atom. The summed E-state index contributed by atoms with van der Waals surface area (Å²) >= 11 is -2.29. The Morgan fingerprint density at radius 3 is 2.48 bits per heavy atom. The van der Waals surface area contributed by atoms with Crippen LogP contribution in [-0.4, -0.2) is 23.8 Å². The van der Waals surface area contributed by atoms with E-state index < -0.39 is 11.1 Å². The van der Waals surface area contributed by atoms with Crippen LogP contribution in [0.1, 0.15) is 11.4 Å². The lowest BCUT2D eigenvalue weighted by Crippen LogP contribution is -1.90. The van der Waals surface area contributed by atoms with Gasteiger partial charge in [0.2, 0.25) is 5.95 Å². The largest absolute Gasteiger partial charge is 0.505 e. The van der Waals surface area contributed by atoms with Crippen molar-refractivity contribution in [2.45, 2.75) is 4.90 Å². The van der Waals surface area contributed by atoms with Crippen LogP contribution in [0, 0.1) is 22.7 Å². The van der Waals surface area contributed by atoms with E-state index in [1.807, 2.05) is 0 Å². The average Bonchev–Trinajstić information content (AvgIpc) is 3.03. The maximum Gasteiger partial charge on any atom is 0.249 e. The predicted octanol–water partition coefficient (Wildman–Crippen LogP) is 3.01. The van der Waals surface area contributed by atoms with Gasteiger partial charge in [0.25, 0.3) is 0 Å². The van der Waals surface area contributed by atoms with E-state index in [4.69, 9.17) is 10.5 Å². The van der Waals surface area contributed by atoms with Gasteiger partial charge in [-0.05, 0) is 6.07 Å². The molecule has 0 saturated carbocycles. The molecule has 0 aliphatic heterocycles. The number of aromatic hydroxyl groups is 1. The zero-order valence-electron chi connectivity index (χ0n) is 12.3. The first-order chi connectivity index (χ1) is 12.0. The highest BCUT2D eigenvalue weighted by Crippen LogP contribution is 2.38. The van der Waals surface area contributed by atoms with Gasteiger partial charge in [-0.15, -0.1) is 10.2 Å². The SMILES string of the molecule is N#Cc1nc(/N=N/c2cc(S(=O)O)c3ccccc3c2O)[nH]c1C#N. The fourth-order valence-electron chi connectivity index (χ4n) is 2.20. The molecule has 3 rings (SSSR count). The number of rotatable bonds is 3. The Bertz CT molecular complexity index is 1090. The van der Waals surface area contributed by atoms with E-state index in [9.17, 15) is 13.9 Å².